The number of halogens is 1. The first-order valence-corrected chi connectivity index (χ1v) is 8.25. The van der Waals surface area contributed by atoms with E-state index in [1.54, 1.807) is 0 Å². The molecule has 0 aromatic heterocycles. The van der Waals surface area contributed by atoms with E-state index in [-0.39, 0.29) is 5.24 Å². The number of allylic oxidation sites excluding steroid dienone is 1. The maximum absolute atomic E-state index is 10.5. The summed E-state index contributed by atoms with van der Waals surface area (Å²) in [6.07, 6.45) is 17.6. The minimum absolute atomic E-state index is 0.193. The summed E-state index contributed by atoms with van der Waals surface area (Å²) in [6.45, 7) is 1.18. The highest BCUT2D eigenvalue weighted by Gasteiger charge is 2.07. The summed E-state index contributed by atoms with van der Waals surface area (Å²) in [5.41, 5.74) is 0. The van der Waals surface area contributed by atoms with Crippen LogP contribution in [0.2, 0.25) is 0 Å². The molecule has 0 radical (unpaired) electrons. The standard InChI is InChI=1S/C16H28ClNO/c17-16(19)13-8-6-4-2-1-3-5-7-11-15-12-9-10-14-18-15/h7,11,15,18H,1-6,8-10,12-14H2. The molecule has 1 aliphatic heterocycles. The van der Waals surface area contributed by atoms with E-state index in [2.05, 4.69) is 17.5 Å². The molecular weight excluding hydrogens is 258 g/mol. The van der Waals surface area contributed by atoms with Crippen molar-refractivity contribution in [2.45, 2.75) is 76.7 Å². The normalized spacial score (nSPS) is 19.9. The number of hydrogen-bond donors (Lipinski definition) is 1. The van der Waals surface area contributed by atoms with Crippen molar-refractivity contribution in [1.29, 1.82) is 0 Å². The lowest BCUT2D eigenvalue weighted by molar-refractivity contribution is -0.111. The first kappa shape index (κ1) is 16.7. The van der Waals surface area contributed by atoms with E-state index in [1.165, 1.54) is 57.9 Å². The molecule has 1 N–H and O–H groups in total. The van der Waals surface area contributed by atoms with E-state index >= 15 is 0 Å². The van der Waals surface area contributed by atoms with Crippen LogP contribution < -0.4 is 5.32 Å². The van der Waals surface area contributed by atoms with Gasteiger partial charge in [0.1, 0.15) is 0 Å². The largest absolute Gasteiger partial charge is 0.311 e. The highest BCUT2D eigenvalue weighted by atomic mass is 35.5. The zero-order valence-electron chi connectivity index (χ0n) is 12.0. The molecule has 1 atom stereocenters. The monoisotopic (exact) mass is 285 g/mol. The number of carbonyl (C=O) groups is 1. The van der Waals surface area contributed by atoms with Crippen LogP contribution in [0.1, 0.15) is 70.6 Å². The minimum Gasteiger partial charge on any atom is -0.311 e. The van der Waals surface area contributed by atoms with Gasteiger partial charge in [-0.1, -0.05) is 44.3 Å². The number of rotatable bonds is 10. The lowest BCUT2D eigenvalue weighted by atomic mass is 10.0. The Balaban J connectivity index is 1.82. The van der Waals surface area contributed by atoms with Crippen molar-refractivity contribution in [2.75, 3.05) is 6.54 Å². The highest BCUT2D eigenvalue weighted by molar-refractivity contribution is 6.63. The molecule has 0 aromatic carbocycles. The number of nitrogens with one attached hydrogen (secondary N) is 1. The molecular formula is C16H28ClNO. The van der Waals surface area contributed by atoms with Gasteiger partial charge in [0.2, 0.25) is 5.24 Å². The lowest BCUT2D eigenvalue weighted by Gasteiger charge is -2.19. The van der Waals surface area contributed by atoms with E-state index in [0.717, 1.165) is 12.8 Å². The van der Waals surface area contributed by atoms with E-state index < -0.39 is 0 Å². The predicted octanol–water partition coefficient (Wildman–Crippen LogP) is 4.57. The van der Waals surface area contributed by atoms with Gasteiger partial charge in [0, 0.05) is 12.5 Å². The van der Waals surface area contributed by atoms with Crippen LogP contribution in [0, 0.1) is 0 Å². The van der Waals surface area contributed by atoms with Gasteiger partial charge < -0.3 is 5.32 Å². The molecule has 1 rings (SSSR count). The predicted molar refractivity (Wildman–Crippen MR) is 82.6 cm³/mol. The Labute approximate surface area is 123 Å². The molecule has 2 nitrogen and oxygen atoms in total. The first-order valence-electron chi connectivity index (χ1n) is 7.87. The molecule has 0 spiro atoms. The van der Waals surface area contributed by atoms with E-state index in [4.69, 9.17) is 11.6 Å². The third-order valence-corrected chi connectivity index (χ3v) is 3.90. The van der Waals surface area contributed by atoms with Gasteiger partial charge in [0.25, 0.3) is 0 Å². The maximum atomic E-state index is 10.5. The SMILES string of the molecule is O=C(Cl)CCCCCCCCC=CC1CCCCN1. The van der Waals surface area contributed by atoms with Crippen molar-refractivity contribution in [3.63, 3.8) is 0 Å². The summed E-state index contributed by atoms with van der Waals surface area (Å²) >= 11 is 5.29. The molecule has 0 aliphatic carbocycles. The first-order chi connectivity index (χ1) is 9.29. The van der Waals surface area contributed by atoms with Gasteiger partial charge in [-0.05, 0) is 50.2 Å². The molecule has 1 unspecified atom stereocenters. The second-order valence-corrected chi connectivity index (χ2v) is 5.92. The van der Waals surface area contributed by atoms with Crippen molar-refractivity contribution < 1.29 is 4.79 Å². The van der Waals surface area contributed by atoms with E-state index in [9.17, 15) is 4.79 Å². The van der Waals surface area contributed by atoms with Gasteiger partial charge in [-0.25, -0.2) is 0 Å². The summed E-state index contributed by atoms with van der Waals surface area (Å²) in [5.74, 6) is 0. The summed E-state index contributed by atoms with van der Waals surface area (Å²) in [6, 6.07) is 0.627. The molecule has 3 heteroatoms. The maximum Gasteiger partial charge on any atom is 0.221 e. The van der Waals surface area contributed by atoms with Gasteiger partial charge in [0.05, 0.1) is 0 Å². The smallest absolute Gasteiger partial charge is 0.221 e. The van der Waals surface area contributed by atoms with Crippen LogP contribution in [0.15, 0.2) is 12.2 Å². The fraction of sp³-hybridized carbons (Fsp3) is 0.812. The molecule has 19 heavy (non-hydrogen) atoms. The molecule has 0 aromatic rings. The number of piperidine rings is 1. The quantitative estimate of drug-likeness (QED) is 0.362. The van der Waals surface area contributed by atoms with Crippen molar-refractivity contribution in [2.24, 2.45) is 0 Å². The second-order valence-electron chi connectivity index (χ2n) is 5.50. The van der Waals surface area contributed by atoms with Crippen LogP contribution in [-0.4, -0.2) is 17.8 Å². The minimum atomic E-state index is -0.193. The second kappa shape index (κ2) is 11.5. The fourth-order valence-electron chi connectivity index (χ4n) is 2.54. The van der Waals surface area contributed by atoms with Crippen molar-refractivity contribution in [3.8, 4) is 0 Å². The summed E-state index contributed by atoms with van der Waals surface area (Å²) < 4.78 is 0. The van der Waals surface area contributed by atoms with Crippen LogP contribution in [0.5, 0.6) is 0 Å². The summed E-state index contributed by atoms with van der Waals surface area (Å²) in [4.78, 5) is 10.5. The zero-order chi connectivity index (χ0) is 13.8. The van der Waals surface area contributed by atoms with E-state index in [0.29, 0.717) is 12.5 Å². The molecule has 0 bridgehead atoms. The van der Waals surface area contributed by atoms with Crippen molar-refractivity contribution >= 4 is 16.8 Å². The Morgan fingerprint density at radius 1 is 1.11 bits per heavy atom. The van der Waals surface area contributed by atoms with Crippen LogP contribution >= 0.6 is 11.6 Å². The Bertz CT molecular complexity index is 259. The van der Waals surface area contributed by atoms with Gasteiger partial charge in [-0.2, -0.15) is 0 Å². The van der Waals surface area contributed by atoms with Crippen LogP contribution in [0.3, 0.4) is 0 Å². The van der Waals surface area contributed by atoms with Gasteiger partial charge >= 0.3 is 0 Å². The van der Waals surface area contributed by atoms with Gasteiger partial charge in [-0.15, -0.1) is 0 Å². The van der Waals surface area contributed by atoms with Crippen LogP contribution in [0.4, 0.5) is 0 Å². The van der Waals surface area contributed by atoms with Crippen molar-refractivity contribution in [3.05, 3.63) is 12.2 Å². The Hall–Kier alpha value is -0.340. The van der Waals surface area contributed by atoms with Crippen LogP contribution in [0.25, 0.3) is 0 Å². The highest BCUT2D eigenvalue weighted by Crippen LogP contribution is 2.11. The Morgan fingerprint density at radius 2 is 1.84 bits per heavy atom. The third kappa shape index (κ3) is 10.1. The molecule has 1 saturated heterocycles. The lowest BCUT2D eigenvalue weighted by Crippen LogP contribution is -2.32. The zero-order valence-corrected chi connectivity index (χ0v) is 12.8. The molecule has 1 heterocycles. The number of hydrogen-bond acceptors (Lipinski definition) is 2. The van der Waals surface area contributed by atoms with E-state index in [1.807, 2.05) is 0 Å². The Kier molecular flexibility index (Phi) is 10.1. The summed E-state index contributed by atoms with van der Waals surface area (Å²) in [7, 11) is 0. The molecule has 0 amide bonds. The number of unbranched alkanes of at least 4 members (excludes halogenated alkanes) is 6. The topological polar surface area (TPSA) is 29.1 Å². The number of carbonyl (C=O) groups excluding carboxylic acids is 1. The molecule has 1 fully saturated rings. The molecule has 1 aliphatic rings. The third-order valence-electron chi connectivity index (χ3n) is 3.71. The van der Waals surface area contributed by atoms with Gasteiger partial charge in [-0.3, -0.25) is 4.79 Å². The van der Waals surface area contributed by atoms with Crippen LogP contribution in [-0.2, 0) is 4.79 Å². The molecule has 110 valence electrons. The van der Waals surface area contributed by atoms with Gasteiger partial charge in [0.15, 0.2) is 0 Å². The molecule has 0 saturated carbocycles. The summed E-state index contributed by atoms with van der Waals surface area (Å²) in [5, 5.41) is 3.34. The Morgan fingerprint density at radius 3 is 2.53 bits per heavy atom. The fourth-order valence-corrected chi connectivity index (χ4v) is 2.67. The average molecular weight is 286 g/mol. The average Bonchev–Trinajstić information content (AvgIpc) is 2.42. The van der Waals surface area contributed by atoms with Crippen molar-refractivity contribution in [1.82, 2.24) is 5.32 Å².